The van der Waals surface area contributed by atoms with E-state index in [9.17, 15) is 4.79 Å². The van der Waals surface area contributed by atoms with E-state index in [0.717, 1.165) is 33.1 Å². The average molecular weight is 510 g/mol. The third-order valence-electron chi connectivity index (χ3n) is 5.47. The van der Waals surface area contributed by atoms with E-state index in [1.54, 1.807) is 17.4 Å². The Kier molecular flexibility index (Phi) is 5.76. The van der Waals surface area contributed by atoms with Gasteiger partial charge in [0, 0.05) is 17.3 Å². The zero-order chi connectivity index (χ0) is 24.5. The van der Waals surface area contributed by atoms with E-state index in [2.05, 4.69) is 16.7 Å². The molecule has 176 valence electrons. The highest BCUT2D eigenvalue weighted by Gasteiger charge is 2.15. The number of nitrogens with zero attached hydrogens (tertiary/aromatic N) is 5. The summed E-state index contributed by atoms with van der Waals surface area (Å²) in [5, 5.41) is 11.3. The van der Waals surface area contributed by atoms with Gasteiger partial charge in [0.15, 0.2) is 5.82 Å². The summed E-state index contributed by atoms with van der Waals surface area (Å²) in [5.41, 5.74) is 3.21. The Morgan fingerprint density at radius 2 is 1.83 bits per heavy atom. The Balaban J connectivity index is 1.45. The molecule has 2 aromatic carbocycles. The first-order valence-electron chi connectivity index (χ1n) is 11.1. The van der Waals surface area contributed by atoms with E-state index < -0.39 is 0 Å². The van der Waals surface area contributed by atoms with Gasteiger partial charge in [-0.1, -0.05) is 48.3 Å². The number of hydrogen-bond donors (Lipinski definition) is 0. The lowest BCUT2D eigenvalue weighted by atomic mass is 10.1. The number of rotatable bonds is 7. The van der Waals surface area contributed by atoms with Crippen LogP contribution in [0.15, 0.2) is 95.8 Å². The van der Waals surface area contributed by atoms with E-state index in [1.165, 1.54) is 15.9 Å². The predicted molar refractivity (Wildman–Crippen MR) is 144 cm³/mol. The number of thiophene rings is 1. The molecule has 4 aromatic heterocycles. The van der Waals surface area contributed by atoms with Crippen molar-refractivity contribution in [2.24, 2.45) is 0 Å². The highest BCUT2D eigenvalue weighted by Crippen LogP contribution is 2.27. The van der Waals surface area contributed by atoms with Crippen LogP contribution >= 0.6 is 22.7 Å². The van der Waals surface area contributed by atoms with Gasteiger partial charge in [-0.15, -0.1) is 16.4 Å². The summed E-state index contributed by atoms with van der Waals surface area (Å²) in [7, 11) is 0. The fraction of sp³-hybridized carbons (Fsp3) is 0.0370. The SMILES string of the molecule is C=CCOc1ccc(-c2nn(-c3ccccc3)cc2/C=c2\sc3nc(-c4cccs4)nn3c2=O)cc1. The third-order valence-corrected chi connectivity index (χ3v) is 7.29. The molecule has 0 aliphatic heterocycles. The Labute approximate surface area is 213 Å². The van der Waals surface area contributed by atoms with Gasteiger partial charge in [-0.25, -0.2) is 4.68 Å². The van der Waals surface area contributed by atoms with Gasteiger partial charge in [-0.3, -0.25) is 4.79 Å². The smallest absolute Gasteiger partial charge is 0.291 e. The number of ether oxygens (including phenoxy) is 1. The van der Waals surface area contributed by atoms with E-state index in [0.29, 0.717) is 21.9 Å². The van der Waals surface area contributed by atoms with E-state index in [1.807, 2.05) is 89.1 Å². The van der Waals surface area contributed by atoms with Crippen LogP contribution in [-0.4, -0.2) is 31.0 Å². The van der Waals surface area contributed by atoms with Gasteiger partial charge in [0.2, 0.25) is 4.96 Å². The maximum Gasteiger partial charge on any atom is 0.291 e. The minimum absolute atomic E-state index is 0.197. The molecule has 0 N–H and O–H groups in total. The number of aromatic nitrogens is 5. The molecular formula is C27H19N5O2S2. The molecule has 0 bridgehead atoms. The quantitative estimate of drug-likeness (QED) is 0.288. The molecule has 0 fully saturated rings. The first-order chi connectivity index (χ1) is 17.7. The van der Waals surface area contributed by atoms with Crippen molar-refractivity contribution < 1.29 is 4.74 Å². The van der Waals surface area contributed by atoms with Crippen LogP contribution in [0.5, 0.6) is 5.75 Å². The van der Waals surface area contributed by atoms with Crippen molar-refractivity contribution in [3.63, 3.8) is 0 Å². The van der Waals surface area contributed by atoms with Gasteiger partial charge in [-0.2, -0.15) is 14.6 Å². The second-order valence-corrected chi connectivity index (χ2v) is 9.82. The van der Waals surface area contributed by atoms with Crippen molar-refractivity contribution in [3.8, 4) is 33.4 Å². The molecule has 0 aliphatic rings. The molecule has 0 unspecified atom stereocenters. The zero-order valence-corrected chi connectivity index (χ0v) is 20.6. The molecule has 4 heterocycles. The highest BCUT2D eigenvalue weighted by molar-refractivity contribution is 7.15. The number of para-hydroxylation sites is 1. The Hall–Kier alpha value is -4.34. The Bertz CT molecular complexity index is 1770. The maximum atomic E-state index is 13.2. The molecule has 36 heavy (non-hydrogen) atoms. The number of benzene rings is 2. The summed E-state index contributed by atoms with van der Waals surface area (Å²) in [6, 6.07) is 21.5. The van der Waals surface area contributed by atoms with Gasteiger partial charge in [0.05, 0.1) is 15.1 Å². The molecular weight excluding hydrogens is 490 g/mol. The summed E-state index contributed by atoms with van der Waals surface area (Å²) in [6.45, 7) is 4.12. The normalized spacial score (nSPS) is 11.8. The monoisotopic (exact) mass is 509 g/mol. The van der Waals surface area contributed by atoms with Crippen LogP contribution in [0.2, 0.25) is 0 Å². The van der Waals surface area contributed by atoms with Crippen LogP contribution in [0, 0.1) is 0 Å². The van der Waals surface area contributed by atoms with Crippen LogP contribution in [0.1, 0.15) is 5.56 Å². The molecule has 0 spiro atoms. The predicted octanol–water partition coefficient (Wildman–Crippen LogP) is 4.84. The molecule has 6 aromatic rings. The van der Waals surface area contributed by atoms with Crippen LogP contribution in [0.3, 0.4) is 0 Å². The minimum atomic E-state index is -0.197. The highest BCUT2D eigenvalue weighted by atomic mass is 32.1. The van der Waals surface area contributed by atoms with Crippen LogP contribution in [0.25, 0.3) is 38.7 Å². The summed E-state index contributed by atoms with van der Waals surface area (Å²) in [4.78, 5) is 19.2. The van der Waals surface area contributed by atoms with Crippen molar-refractivity contribution in [1.29, 1.82) is 0 Å². The summed E-state index contributed by atoms with van der Waals surface area (Å²) in [6.07, 6.45) is 5.50. The van der Waals surface area contributed by atoms with Gasteiger partial charge in [0.1, 0.15) is 18.1 Å². The minimum Gasteiger partial charge on any atom is -0.490 e. The summed E-state index contributed by atoms with van der Waals surface area (Å²) >= 11 is 2.86. The fourth-order valence-corrected chi connectivity index (χ4v) is 5.33. The topological polar surface area (TPSA) is 74.3 Å². The molecule has 0 atom stereocenters. The van der Waals surface area contributed by atoms with Gasteiger partial charge in [-0.05, 0) is 53.9 Å². The number of fused-ring (bicyclic) bond motifs is 1. The lowest BCUT2D eigenvalue weighted by Crippen LogP contribution is -2.23. The lowest BCUT2D eigenvalue weighted by Gasteiger charge is -2.04. The van der Waals surface area contributed by atoms with Crippen molar-refractivity contribution in [3.05, 3.63) is 111 Å². The van der Waals surface area contributed by atoms with Gasteiger partial charge < -0.3 is 4.74 Å². The standard InChI is InChI=1S/C27H19N5O2S2/c1-2-14-34-21-12-10-18(11-13-21)24-19(17-31(29-24)20-7-4-3-5-8-20)16-23-26(33)32-27(36-23)28-25(30-32)22-9-6-15-35-22/h2-13,15-17H,1,14H2/b23-16-. The molecule has 0 amide bonds. The maximum absolute atomic E-state index is 13.2. The number of thiazole rings is 1. The van der Waals surface area contributed by atoms with E-state index >= 15 is 0 Å². The van der Waals surface area contributed by atoms with Crippen LogP contribution in [0.4, 0.5) is 0 Å². The largest absolute Gasteiger partial charge is 0.490 e. The lowest BCUT2D eigenvalue weighted by molar-refractivity contribution is 0.363. The van der Waals surface area contributed by atoms with Gasteiger partial charge in [0.25, 0.3) is 5.56 Å². The molecule has 0 saturated heterocycles. The second kappa shape index (κ2) is 9.37. The second-order valence-electron chi connectivity index (χ2n) is 7.86. The molecule has 9 heteroatoms. The van der Waals surface area contributed by atoms with Gasteiger partial charge >= 0.3 is 0 Å². The Morgan fingerprint density at radius 1 is 1.00 bits per heavy atom. The van der Waals surface area contributed by atoms with Crippen molar-refractivity contribution in [2.45, 2.75) is 0 Å². The van der Waals surface area contributed by atoms with Crippen LogP contribution < -0.4 is 14.8 Å². The molecule has 0 radical (unpaired) electrons. The van der Waals surface area contributed by atoms with Crippen molar-refractivity contribution >= 4 is 33.7 Å². The molecule has 7 nitrogen and oxygen atoms in total. The van der Waals surface area contributed by atoms with Crippen LogP contribution in [-0.2, 0) is 0 Å². The molecule has 0 saturated carbocycles. The molecule has 0 aliphatic carbocycles. The molecule has 6 rings (SSSR count). The van der Waals surface area contributed by atoms with E-state index in [-0.39, 0.29) is 5.56 Å². The zero-order valence-electron chi connectivity index (χ0n) is 18.9. The fourth-order valence-electron chi connectivity index (χ4n) is 3.78. The first-order valence-corrected chi connectivity index (χ1v) is 12.8. The van der Waals surface area contributed by atoms with Crippen molar-refractivity contribution in [2.75, 3.05) is 6.61 Å². The van der Waals surface area contributed by atoms with Crippen molar-refractivity contribution in [1.82, 2.24) is 24.4 Å². The summed E-state index contributed by atoms with van der Waals surface area (Å²) in [5.74, 6) is 1.32. The summed E-state index contributed by atoms with van der Waals surface area (Å²) < 4.78 is 9.35. The number of hydrogen-bond acceptors (Lipinski definition) is 7. The average Bonchev–Trinajstić information content (AvgIpc) is 3.70. The Morgan fingerprint density at radius 3 is 2.56 bits per heavy atom. The van der Waals surface area contributed by atoms with E-state index in [4.69, 9.17) is 9.84 Å². The first kappa shape index (κ1) is 22.1. The third kappa shape index (κ3) is 4.15.